The summed E-state index contributed by atoms with van der Waals surface area (Å²) in [6, 6.07) is 18.5. The molecule has 0 bridgehead atoms. The Hall–Kier alpha value is -2.68. The predicted octanol–water partition coefficient (Wildman–Crippen LogP) is 3.94. The summed E-state index contributed by atoms with van der Waals surface area (Å²) in [7, 11) is 0. The van der Waals surface area contributed by atoms with E-state index in [0.717, 1.165) is 22.8 Å². The Balaban J connectivity index is 1.93. The van der Waals surface area contributed by atoms with E-state index in [1.807, 2.05) is 35.9 Å². The van der Waals surface area contributed by atoms with Crippen molar-refractivity contribution >= 4 is 6.08 Å². The van der Waals surface area contributed by atoms with Crippen molar-refractivity contribution in [3.8, 4) is 11.4 Å². The third-order valence-electron chi connectivity index (χ3n) is 3.36. The average molecular weight is 275 g/mol. The lowest BCUT2D eigenvalue weighted by Crippen LogP contribution is -2.04. The second kappa shape index (κ2) is 5.75. The third kappa shape index (κ3) is 2.92. The van der Waals surface area contributed by atoms with Crippen LogP contribution in [0.1, 0.15) is 17.0 Å². The number of hydrogen-bond acceptors (Lipinski definition) is 2. The van der Waals surface area contributed by atoms with Crippen molar-refractivity contribution in [3.63, 3.8) is 0 Å². The van der Waals surface area contributed by atoms with Crippen molar-refractivity contribution in [1.82, 2.24) is 14.8 Å². The summed E-state index contributed by atoms with van der Waals surface area (Å²) in [5, 5.41) is 4.51. The lowest BCUT2D eigenvalue weighted by atomic mass is 10.1. The smallest absolute Gasteiger partial charge is 0.158 e. The van der Waals surface area contributed by atoms with Gasteiger partial charge in [-0.3, -0.25) is 0 Å². The minimum Gasteiger partial charge on any atom is -0.241 e. The second-order valence-corrected chi connectivity index (χ2v) is 4.95. The molecule has 0 aliphatic rings. The Morgan fingerprint density at radius 1 is 1.05 bits per heavy atom. The summed E-state index contributed by atoms with van der Waals surface area (Å²) in [4.78, 5) is 4.55. The van der Waals surface area contributed by atoms with E-state index in [1.165, 1.54) is 5.56 Å². The number of benzene rings is 2. The Morgan fingerprint density at radius 2 is 1.76 bits per heavy atom. The van der Waals surface area contributed by atoms with Crippen LogP contribution in [0.25, 0.3) is 17.5 Å². The van der Waals surface area contributed by atoms with Gasteiger partial charge in [0.05, 0.1) is 6.54 Å². The Morgan fingerprint density at radius 3 is 2.43 bits per heavy atom. The van der Waals surface area contributed by atoms with E-state index in [1.54, 1.807) is 0 Å². The highest BCUT2D eigenvalue weighted by Gasteiger charge is 2.09. The molecule has 0 aliphatic carbocycles. The minimum atomic E-state index is 0.711. The fourth-order valence-electron chi connectivity index (χ4n) is 2.30. The summed E-state index contributed by atoms with van der Waals surface area (Å²) < 4.78 is 1.95. The Bertz CT molecular complexity index is 740. The topological polar surface area (TPSA) is 30.7 Å². The number of hydrogen-bond donors (Lipinski definition) is 0. The van der Waals surface area contributed by atoms with Gasteiger partial charge in [-0.15, -0.1) is 0 Å². The van der Waals surface area contributed by atoms with Crippen LogP contribution in [0.4, 0.5) is 0 Å². The summed E-state index contributed by atoms with van der Waals surface area (Å²) in [6.45, 7) is 6.41. The van der Waals surface area contributed by atoms with Crippen molar-refractivity contribution in [2.75, 3.05) is 0 Å². The van der Waals surface area contributed by atoms with Crippen molar-refractivity contribution < 1.29 is 0 Å². The molecule has 0 saturated heterocycles. The van der Waals surface area contributed by atoms with Gasteiger partial charge in [0.25, 0.3) is 0 Å². The van der Waals surface area contributed by atoms with E-state index in [0.29, 0.717) is 6.54 Å². The van der Waals surface area contributed by atoms with E-state index < -0.39 is 0 Å². The van der Waals surface area contributed by atoms with Crippen LogP contribution in [-0.4, -0.2) is 14.8 Å². The van der Waals surface area contributed by atoms with Crippen LogP contribution in [0.15, 0.2) is 61.2 Å². The largest absolute Gasteiger partial charge is 0.241 e. The first-order valence-corrected chi connectivity index (χ1v) is 6.94. The van der Waals surface area contributed by atoms with Crippen LogP contribution in [-0.2, 0) is 6.54 Å². The predicted molar refractivity (Wildman–Crippen MR) is 85.8 cm³/mol. The molecule has 0 N–H and O–H groups in total. The number of aromatic nitrogens is 3. The standard InChI is InChI=1S/C18H17N3/c1-3-15-9-11-16(12-10-15)13-21-18(19-14(2)20-21)17-7-5-4-6-8-17/h3-12H,1,13H2,2H3. The average Bonchev–Trinajstić information content (AvgIpc) is 2.89. The van der Waals surface area contributed by atoms with Gasteiger partial charge in [-0.2, -0.15) is 5.10 Å². The molecular weight excluding hydrogens is 258 g/mol. The summed E-state index contributed by atoms with van der Waals surface area (Å²) in [5.74, 6) is 1.69. The van der Waals surface area contributed by atoms with Crippen molar-refractivity contribution in [2.45, 2.75) is 13.5 Å². The molecule has 3 heteroatoms. The van der Waals surface area contributed by atoms with Gasteiger partial charge in [0, 0.05) is 5.56 Å². The molecule has 0 spiro atoms. The molecule has 0 fully saturated rings. The molecule has 0 amide bonds. The fraction of sp³-hybridized carbons (Fsp3) is 0.111. The van der Waals surface area contributed by atoms with E-state index >= 15 is 0 Å². The fourth-order valence-corrected chi connectivity index (χ4v) is 2.30. The highest BCUT2D eigenvalue weighted by atomic mass is 15.3. The first-order valence-electron chi connectivity index (χ1n) is 6.94. The normalized spacial score (nSPS) is 10.5. The van der Waals surface area contributed by atoms with Crippen molar-refractivity contribution in [3.05, 3.63) is 78.1 Å². The van der Waals surface area contributed by atoms with Gasteiger partial charge in [-0.25, -0.2) is 9.67 Å². The highest BCUT2D eigenvalue weighted by molar-refractivity contribution is 5.55. The molecule has 0 aliphatic heterocycles. The maximum atomic E-state index is 4.55. The molecular formula is C18H17N3. The number of rotatable bonds is 4. The molecule has 3 rings (SSSR count). The van der Waals surface area contributed by atoms with E-state index in [4.69, 9.17) is 0 Å². The third-order valence-corrected chi connectivity index (χ3v) is 3.36. The first kappa shape index (κ1) is 13.3. The Labute approximate surface area is 124 Å². The molecule has 0 radical (unpaired) electrons. The van der Waals surface area contributed by atoms with Crippen LogP contribution in [0.3, 0.4) is 0 Å². The number of aryl methyl sites for hydroxylation is 1. The van der Waals surface area contributed by atoms with E-state index in [-0.39, 0.29) is 0 Å². The summed E-state index contributed by atoms with van der Waals surface area (Å²) >= 11 is 0. The zero-order valence-electron chi connectivity index (χ0n) is 12.0. The lowest BCUT2D eigenvalue weighted by Gasteiger charge is -2.06. The molecule has 3 nitrogen and oxygen atoms in total. The van der Waals surface area contributed by atoms with Gasteiger partial charge in [-0.1, -0.05) is 67.3 Å². The van der Waals surface area contributed by atoms with Crippen molar-refractivity contribution in [1.29, 1.82) is 0 Å². The summed E-state index contributed by atoms with van der Waals surface area (Å²) in [5.41, 5.74) is 3.40. The van der Waals surface area contributed by atoms with E-state index in [9.17, 15) is 0 Å². The van der Waals surface area contributed by atoms with Gasteiger partial charge in [-0.05, 0) is 18.1 Å². The molecule has 21 heavy (non-hydrogen) atoms. The zero-order chi connectivity index (χ0) is 14.7. The molecule has 2 aromatic carbocycles. The van der Waals surface area contributed by atoms with Gasteiger partial charge < -0.3 is 0 Å². The van der Waals surface area contributed by atoms with Crippen LogP contribution >= 0.6 is 0 Å². The van der Waals surface area contributed by atoms with E-state index in [2.05, 4.69) is 53.1 Å². The minimum absolute atomic E-state index is 0.711. The number of nitrogens with zero attached hydrogens (tertiary/aromatic N) is 3. The summed E-state index contributed by atoms with van der Waals surface area (Å²) in [6.07, 6.45) is 1.85. The SMILES string of the molecule is C=Cc1ccc(Cn2nc(C)nc2-c2ccccc2)cc1. The molecule has 0 atom stereocenters. The molecule has 0 unspecified atom stereocenters. The van der Waals surface area contributed by atoms with Gasteiger partial charge >= 0.3 is 0 Å². The monoisotopic (exact) mass is 275 g/mol. The van der Waals surface area contributed by atoms with Gasteiger partial charge in [0.1, 0.15) is 5.82 Å². The van der Waals surface area contributed by atoms with Crippen molar-refractivity contribution in [2.24, 2.45) is 0 Å². The maximum Gasteiger partial charge on any atom is 0.158 e. The molecule has 0 saturated carbocycles. The molecule has 1 aromatic heterocycles. The molecule has 3 aromatic rings. The van der Waals surface area contributed by atoms with Gasteiger partial charge in [0.15, 0.2) is 5.82 Å². The maximum absolute atomic E-state index is 4.55. The van der Waals surface area contributed by atoms with Gasteiger partial charge in [0.2, 0.25) is 0 Å². The van der Waals surface area contributed by atoms with Crippen LogP contribution in [0.2, 0.25) is 0 Å². The van der Waals surface area contributed by atoms with Crippen LogP contribution in [0, 0.1) is 6.92 Å². The quantitative estimate of drug-likeness (QED) is 0.722. The lowest BCUT2D eigenvalue weighted by molar-refractivity contribution is 0.686. The van der Waals surface area contributed by atoms with Crippen LogP contribution in [0.5, 0.6) is 0 Å². The van der Waals surface area contributed by atoms with Crippen LogP contribution < -0.4 is 0 Å². The molecule has 1 heterocycles. The second-order valence-electron chi connectivity index (χ2n) is 4.95. The molecule has 104 valence electrons. The first-order chi connectivity index (χ1) is 10.3. The highest BCUT2D eigenvalue weighted by Crippen LogP contribution is 2.18. The zero-order valence-corrected chi connectivity index (χ0v) is 12.0. The Kier molecular flexibility index (Phi) is 3.65.